The van der Waals surface area contributed by atoms with Crippen molar-refractivity contribution in [1.29, 1.82) is 0 Å². The lowest BCUT2D eigenvalue weighted by molar-refractivity contribution is 0.957. The molecule has 2 N–H and O–H groups in total. The Kier molecular flexibility index (Phi) is 1.39. The molecule has 44 valence electrons. The van der Waals surface area contributed by atoms with Crippen LogP contribution in [0.1, 0.15) is 13.3 Å². The minimum Gasteiger partial charge on any atom is -0.323 e. The average Bonchev–Trinajstić information content (AvgIpc) is 2.12. The minimum absolute atomic E-state index is 0.0671. The first kappa shape index (κ1) is 5.44. The van der Waals surface area contributed by atoms with Crippen molar-refractivity contribution in [2.45, 2.75) is 19.4 Å². The third-order valence-corrected chi connectivity index (χ3v) is 1.09. The third-order valence-electron chi connectivity index (χ3n) is 1.09. The molecule has 0 bridgehead atoms. The van der Waals surface area contributed by atoms with E-state index in [9.17, 15) is 0 Å². The molecule has 8 heavy (non-hydrogen) atoms. The quantitative estimate of drug-likeness (QED) is 0.515. The highest BCUT2D eigenvalue weighted by molar-refractivity contribution is 6.01. The Bertz CT molecular complexity index is 135. The molecule has 0 aromatic heterocycles. The van der Waals surface area contributed by atoms with E-state index in [1.165, 1.54) is 0 Å². The summed E-state index contributed by atoms with van der Waals surface area (Å²) in [4.78, 5) is 0. The zero-order valence-corrected chi connectivity index (χ0v) is 4.83. The second-order valence-corrected chi connectivity index (χ2v) is 1.88. The van der Waals surface area contributed by atoms with Crippen LogP contribution in [0.3, 0.4) is 0 Å². The molecule has 1 aliphatic rings. The highest BCUT2D eigenvalue weighted by atomic mass is 15.2. The van der Waals surface area contributed by atoms with E-state index >= 15 is 0 Å². The van der Waals surface area contributed by atoms with E-state index in [4.69, 9.17) is 5.73 Å². The Morgan fingerprint density at radius 1 is 1.88 bits per heavy atom. The number of hydrogen-bond acceptors (Lipinski definition) is 3. The van der Waals surface area contributed by atoms with Crippen molar-refractivity contribution in [3.05, 3.63) is 0 Å². The van der Waals surface area contributed by atoms with Crippen LogP contribution in [0.5, 0.6) is 0 Å². The fraction of sp³-hybridized carbons (Fsp3) is 0.600. The Morgan fingerprint density at radius 3 is 2.88 bits per heavy atom. The van der Waals surface area contributed by atoms with Gasteiger partial charge in [-0.1, -0.05) is 0 Å². The van der Waals surface area contributed by atoms with Gasteiger partial charge in [0.25, 0.3) is 0 Å². The van der Waals surface area contributed by atoms with Gasteiger partial charge in [-0.3, -0.25) is 0 Å². The maximum Gasteiger partial charge on any atom is 0.0623 e. The normalized spacial score (nSPS) is 21.0. The highest BCUT2D eigenvalue weighted by Gasteiger charge is 2.06. The predicted octanol–water partition coefficient (Wildman–Crippen LogP) is 0.164. The lowest BCUT2D eigenvalue weighted by Gasteiger charge is -1.99. The van der Waals surface area contributed by atoms with E-state index in [2.05, 4.69) is 10.2 Å². The average molecular weight is 111 g/mol. The van der Waals surface area contributed by atoms with Crippen molar-refractivity contribution in [2.24, 2.45) is 15.9 Å². The van der Waals surface area contributed by atoms with Crippen LogP contribution in [-0.2, 0) is 0 Å². The topological polar surface area (TPSA) is 50.7 Å². The minimum atomic E-state index is 0.0671. The first-order valence-electron chi connectivity index (χ1n) is 2.64. The maximum absolute atomic E-state index is 5.49. The van der Waals surface area contributed by atoms with Crippen molar-refractivity contribution < 1.29 is 0 Å². The summed E-state index contributed by atoms with van der Waals surface area (Å²) in [7, 11) is 0. The third kappa shape index (κ3) is 0.924. The summed E-state index contributed by atoms with van der Waals surface area (Å²) in [6.07, 6.45) is 2.59. The van der Waals surface area contributed by atoms with Gasteiger partial charge in [0.05, 0.1) is 5.71 Å². The summed E-state index contributed by atoms with van der Waals surface area (Å²) in [6.45, 7) is 1.91. The molecular formula is C5H9N3. The SMILES string of the molecule is C[C@H](N)C1=NN=CC1. The molecule has 1 aliphatic heterocycles. The van der Waals surface area contributed by atoms with Crippen LogP contribution in [0.15, 0.2) is 10.2 Å². The first-order chi connectivity index (χ1) is 3.80. The van der Waals surface area contributed by atoms with E-state index in [1.807, 2.05) is 6.92 Å². The second kappa shape index (κ2) is 2.05. The van der Waals surface area contributed by atoms with Gasteiger partial charge in [-0.25, -0.2) is 0 Å². The Balaban J connectivity index is 2.51. The molecule has 0 saturated heterocycles. The van der Waals surface area contributed by atoms with Crippen LogP contribution in [0, 0.1) is 0 Å². The molecule has 3 nitrogen and oxygen atoms in total. The van der Waals surface area contributed by atoms with Crippen LogP contribution >= 0.6 is 0 Å². The lowest BCUT2D eigenvalue weighted by atomic mass is 10.2. The number of hydrogen-bond donors (Lipinski definition) is 1. The monoisotopic (exact) mass is 111 g/mol. The van der Waals surface area contributed by atoms with Crippen LogP contribution in [0.25, 0.3) is 0 Å². The van der Waals surface area contributed by atoms with Gasteiger partial charge in [0.2, 0.25) is 0 Å². The number of nitrogens with zero attached hydrogens (tertiary/aromatic N) is 2. The van der Waals surface area contributed by atoms with E-state index in [0.717, 1.165) is 12.1 Å². The molecule has 1 heterocycles. The first-order valence-corrected chi connectivity index (χ1v) is 2.64. The molecular weight excluding hydrogens is 102 g/mol. The van der Waals surface area contributed by atoms with Crippen molar-refractivity contribution in [3.8, 4) is 0 Å². The molecule has 0 spiro atoms. The summed E-state index contributed by atoms with van der Waals surface area (Å²) in [5, 5.41) is 7.47. The second-order valence-electron chi connectivity index (χ2n) is 1.88. The Labute approximate surface area is 48.3 Å². The van der Waals surface area contributed by atoms with Gasteiger partial charge in [0.15, 0.2) is 0 Å². The molecule has 0 saturated carbocycles. The predicted molar refractivity (Wildman–Crippen MR) is 34.2 cm³/mol. The van der Waals surface area contributed by atoms with Gasteiger partial charge >= 0.3 is 0 Å². The molecule has 1 rings (SSSR count). The van der Waals surface area contributed by atoms with E-state index < -0.39 is 0 Å². The summed E-state index contributed by atoms with van der Waals surface area (Å²) in [5.41, 5.74) is 6.46. The van der Waals surface area contributed by atoms with Crippen LogP contribution in [-0.4, -0.2) is 18.0 Å². The van der Waals surface area contributed by atoms with E-state index in [0.29, 0.717) is 0 Å². The molecule has 0 fully saturated rings. The smallest absolute Gasteiger partial charge is 0.0623 e. The fourth-order valence-electron chi connectivity index (χ4n) is 0.567. The van der Waals surface area contributed by atoms with Gasteiger partial charge in [-0.15, -0.1) is 0 Å². The molecule has 0 aromatic rings. The van der Waals surface area contributed by atoms with Crippen molar-refractivity contribution in [1.82, 2.24) is 0 Å². The van der Waals surface area contributed by atoms with Crippen LogP contribution < -0.4 is 5.73 Å². The summed E-state index contributed by atoms with van der Waals surface area (Å²) >= 11 is 0. The molecule has 3 heteroatoms. The van der Waals surface area contributed by atoms with Crippen LogP contribution in [0.2, 0.25) is 0 Å². The van der Waals surface area contributed by atoms with Crippen molar-refractivity contribution in [3.63, 3.8) is 0 Å². The molecule has 0 unspecified atom stereocenters. The van der Waals surface area contributed by atoms with E-state index in [1.54, 1.807) is 6.21 Å². The summed E-state index contributed by atoms with van der Waals surface area (Å²) in [5.74, 6) is 0. The van der Waals surface area contributed by atoms with E-state index in [-0.39, 0.29) is 6.04 Å². The fourth-order valence-corrected chi connectivity index (χ4v) is 0.567. The summed E-state index contributed by atoms with van der Waals surface area (Å²) in [6, 6.07) is 0.0671. The van der Waals surface area contributed by atoms with Gasteiger partial charge < -0.3 is 5.73 Å². The largest absolute Gasteiger partial charge is 0.323 e. The van der Waals surface area contributed by atoms with Gasteiger partial charge in [0, 0.05) is 18.7 Å². The lowest BCUT2D eigenvalue weighted by Crippen LogP contribution is -2.25. The molecule has 1 atom stereocenters. The zero-order valence-electron chi connectivity index (χ0n) is 4.83. The van der Waals surface area contributed by atoms with Crippen LogP contribution in [0.4, 0.5) is 0 Å². The number of nitrogens with two attached hydrogens (primary N) is 1. The van der Waals surface area contributed by atoms with Crippen molar-refractivity contribution in [2.75, 3.05) is 0 Å². The van der Waals surface area contributed by atoms with Gasteiger partial charge in [-0.05, 0) is 6.92 Å². The summed E-state index contributed by atoms with van der Waals surface area (Å²) < 4.78 is 0. The van der Waals surface area contributed by atoms with Gasteiger partial charge in [0.1, 0.15) is 0 Å². The van der Waals surface area contributed by atoms with Gasteiger partial charge in [-0.2, -0.15) is 10.2 Å². The molecule has 0 aromatic carbocycles. The highest BCUT2D eigenvalue weighted by Crippen LogP contribution is 1.96. The zero-order chi connectivity index (χ0) is 5.98. The maximum atomic E-state index is 5.49. The Morgan fingerprint density at radius 2 is 2.62 bits per heavy atom. The molecule has 0 amide bonds. The molecule has 0 aliphatic carbocycles. The Hall–Kier alpha value is -0.700. The van der Waals surface area contributed by atoms with Crippen molar-refractivity contribution >= 4 is 11.9 Å². The number of rotatable bonds is 1. The standard InChI is InChI=1S/C5H9N3/c1-4(6)5-2-3-7-8-5/h3-4H,2,6H2,1H3/t4-/m0/s1. The molecule has 0 radical (unpaired) electrons.